The minimum absolute atomic E-state index is 0.246. The molecular formula is C16H25NO. The van der Waals surface area contributed by atoms with Gasteiger partial charge in [-0.25, -0.2) is 0 Å². The summed E-state index contributed by atoms with van der Waals surface area (Å²) in [4.78, 5) is 0. The molecule has 1 aliphatic rings. The van der Waals surface area contributed by atoms with E-state index in [2.05, 4.69) is 32.2 Å². The highest BCUT2D eigenvalue weighted by Gasteiger charge is 2.31. The Balaban J connectivity index is 2.03. The minimum Gasteiger partial charge on any atom is -0.508 e. The van der Waals surface area contributed by atoms with Gasteiger partial charge in [-0.2, -0.15) is 0 Å². The Labute approximate surface area is 110 Å². The zero-order valence-electron chi connectivity index (χ0n) is 11.7. The van der Waals surface area contributed by atoms with E-state index in [0.717, 1.165) is 19.0 Å². The molecule has 0 bridgehead atoms. The van der Waals surface area contributed by atoms with Gasteiger partial charge >= 0.3 is 0 Å². The molecule has 100 valence electrons. The predicted molar refractivity (Wildman–Crippen MR) is 75.8 cm³/mol. The van der Waals surface area contributed by atoms with Crippen molar-refractivity contribution >= 4 is 0 Å². The summed E-state index contributed by atoms with van der Waals surface area (Å²) >= 11 is 0. The zero-order chi connectivity index (χ0) is 13.2. The second-order valence-corrected chi connectivity index (χ2v) is 6.31. The van der Waals surface area contributed by atoms with Crippen LogP contribution in [-0.4, -0.2) is 17.7 Å². The van der Waals surface area contributed by atoms with Gasteiger partial charge in [-0.3, -0.25) is 0 Å². The lowest BCUT2D eigenvalue weighted by Gasteiger charge is -2.34. The summed E-state index contributed by atoms with van der Waals surface area (Å²) in [5.41, 5.74) is 1.47. The Morgan fingerprint density at radius 2 is 2.11 bits per heavy atom. The van der Waals surface area contributed by atoms with Gasteiger partial charge in [0, 0.05) is 12.6 Å². The molecule has 0 amide bonds. The topological polar surface area (TPSA) is 32.3 Å². The molecule has 1 saturated carbocycles. The fourth-order valence-electron chi connectivity index (χ4n) is 2.27. The van der Waals surface area contributed by atoms with Crippen molar-refractivity contribution in [2.45, 2.75) is 46.1 Å². The number of benzene rings is 1. The summed E-state index contributed by atoms with van der Waals surface area (Å²) in [6.07, 6.45) is 3.68. The number of phenolic OH excluding ortho intramolecular Hbond substituents is 1. The van der Waals surface area contributed by atoms with E-state index in [9.17, 15) is 5.11 Å². The van der Waals surface area contributed by atoms with Crippen LogP contribution < -0.4 is 5.32 Å². The van der Waals surface area contributed by atoms with E-state index in [1.165, 1.54) is 18.4 Å². The first-order valence-corrected chi connectivity index (χ1v) is 7.01. The molecule has 0 saturated heterocycles. The van der Waals surface area contributed by atoms with E-state index in [1.807, 2.05) is 12.1 Å². The minimum atomic E-state index is 0.246. The van der Waals surface area contributed by atoms with E-state index in [4.69, 9.17) is 0 Å². The Morgan fingerprint density at radius 1 is 1.39 bits per heavy atom. The molecule has 1 atom stereocenters. The van der Waals surface area contributed by atoms with E-state index in [-0.39, 0.29) is 5.41 Å². The second-order valence-electron chi connectivity index (χ2n) is 6.31. The van der Waals surface area contributed by atoms with Crippen molar-refractivity contribution < 1.29 is 5.11 Å². The highest BCUT2D eigenvalue weighted by molar-refractivity contribution is 5.28. The lowest BCUT2D eigenvalue weighted by Crippen LogP contribution is -2.38. The first-order chi connectivity index (χ1) is 8.49. The van der Waals surface area contributed by atoms with E-state index in [1.54, 1.807) is 6.07 Å². The summed E-state index contributed by atoms with van der Waals surface area (Å²) in [7, 11) is 0. The lowest BCUT2D eigenvalue weighted by molar-refractivity contribution is 0.206. The van der Waals surface area contributed by atoms with Crippen LogP contribution >= 0.6 is 0 Å². The average Bonchev–Trinajstić information content (AvgIpc) is 3.10. The molecule has 0 spiro atoms. The van der Waals surface area contributed by atoms with E-state index >= 15 is 0 Å². The summed E-state index contributed by atoms with van der Waals surface area (Å²) in [5.74, 6) is 0.986. The molecule has 1 aromatic rings. The molecular weight excluding hydrogens is 222 g/mol. The predicted octanol–water partition coefficient (Wildman–Crippen LogP) is 3.35. The molecule has 2 rings (SSSR count). The van der Waals surface area contributed by atoms with Crippen LogP contribution in [0.2, 0.25) is 0 Å². The van der Waals surface area contributed by atoms with Crippen molar-refractivity contribution in [3.05, 3.63) is 29.8 Å². The Bertz CT molecular complexity index is 398. The van der Waals surface area contributed by atoms with Gasteiger partial charge in [0.25, 0.3) is 0 Å². The van der Waals surface area contributed by atoms with Gasteiger partial charge < -0.3 is 10.4 Å². The van der Waals surface area contributed by atoms with Crippen LogP contribution in [0.4, 0.5) is 0 Å². The van der Waals surface area contributed by atoms with Crippen molar-refractivity contribution in [1.82, 2.24) is 5.32 Å². The van der Waals surface area contributed by atoms with Crippen LogP contribution in [0.5, 0.6) is 5.75 Å². The number of rotatable bonds is 6. The normalized spacial score (nSPS) is 18.9. The molecule has 18 heavy (non-hydrogen) atoms. The Kier molecular flexibility index (Phi) is 3.96. The van der Waals surface area contributed by atoms with Crippen molar-refractivity contribution in [3.63, 3.8) is 0 Å². The van der Waals surface area contributed by atoms with Gasteiger partial charge in [0.05, 0.1) is 0 Å². The second kappa shape index (κ2) is 5.31. The van der Waals surface area contributed by atoms with Crippen LogP contribution in [0.25, 0.3) is 0 Å². The quantitative estimate of drug-likeness (QED) is 0.808. The van der Waals surface area contributed by atoms with Crippen LogP contribution in [0.3, 0.4) is 0 Å². The molecule has 0 aromatic heterocycles. The maximum atomic E-state index is 9.56. The number of aromatic hydroxyl groups is 1. The average molecular weight is 247 g/mol. The molecule has 1 aromatic carbocycles. The summed E-state index contributed by atoms with van der Waals surface area (Å²) < 4.78 is 0. The maximum absolute atomic E-state index is 9.56. The Hall–Kier alpha value is -1.02. The fourth-order valence-corrected chi connectivity index (χ4v) is 2.27. The fraction of sp³-hybridized carbons (Fsp3) is 0.625. The van der Waals surface area contributed by atoms with Gasteiger partial charge in [-0.05, 0) is 48.3 Å². The van der Waals surface area contributed by atoms with Gasteiger partial charge in [0.2, 0.25) is 0 Å². The Morgan fingerprint density at radius 3 is 2.67 bits per heavy atom. The highest BCUT2D eigenvalue weighted by atomic mass is 16.3. The molecule has 0 radical (unpaired) electrons. The smallest absolute Gasteiger partial charge is 0.115 e. The first-order valence-electron chi connectivity index (χ1n) is 7.01. The van der Waals surface area contributed by atoms with Crippen LogP contribution in [0.1, 0.15) is 39.2 Å². The third kappa shape index (κ3) is 3.49. The van der Waals surface area contributed by atoms with Crippen molar-refractivity contribution in [1.29, 1.82) is 0 Å². The van der Waals surface area contributed by atoms with E-state index in [0.29, 0.717) is 11.7 Å². The summed E-state index contributed by atoms with van der Waals surface area (Å²) in [6, 6.07) is 8.42. The van der Waals surface area contributed by atoms with Crippen LogP contribution in [-0.2, 0) is 6.42 Å². The van der Waals surface area contributed by atoms with Crippen molar-refractivity contribution in [2.75, 3.05) is 6.54 Å². The van der Waals surface area contributed by atoms with Gasteiger partial charge in [0.1, 0.15) is 5.75 Å². The largest absolute Gasteiger partial charge is 0.508 e. The first kappa shape index (κ1) is 13.4. The summed E-state index contributed by atoms with van der Waals surface area (Å²) in [5, 5.41) is 13.2. The highest BCUT2D eigenvalue weighted by Crippen LogP contribution is 2.32. The molecule has 1 aliphatic carbocycles. The van der Waals surface area contributed by atoms with Gasteiger partial charge in [-0.1, -0.05) is 32.9 Å². The number of phenols is 1. The molecule has 1 unspecified atom stereocenters. The standard InChI is InChI=1S/C16H25NO/c1-12(2)16(3,11-17-14-7-8-14)10-13-5-4-6-15(18)9-13/h4-6,9,12,14,17-18H,7-8,10-11H2,1-3H3. The number of nitrogens with one attached hydrogen (secondary N) is 1. The number of hydrogen-bond donors (Lipinski definition) is 2. The number of hydrogen-bond acceptors (Lipinski definition) is 2. The van der Waals surface area contributed by atoms with E-state index < -0.39 is 0 Å². The monoisotopic (exact) mass is 247 g/mol. The molecule has 0 heterocycles. The molecule has 1 fully saturated rings. The summed E-state index contributed by atoms with van der Waals surface area (Å²) in [6.45, 7) is 7.98. The van der Waals surface area contributed by atoms with Crippen LogP contribution in [0, 0.1) is 11.3 Å². The molecule has 2 N–H and O–H groups in total. The third-order valence-corrected chi connectivity index (χ3v) is 4.28. The third-order valence-electron chi connectivity index (χ3n) is 4.28. The zero-order valence-corrected chi connectivity index (χ0v) is 11.7. The SMILES string of the molecule is CC(C)C(C)(CNC1CC1)Cc1cccc(O)c1. The molecule has 2 heteroatoms. The lowest BCUT2D eigenvalue weighted by atomic mass is 9.74. The van der Waals surface area contributed by atoms with Crippen LogP contribution in [0.15, 0.2) is 24.3 Å². The maximum Gasteiger partial charge on any atom is 0.115 e. The van der Waals surface area contributed by atoms with Gasteiger partial charge in [-0.15, -0.1) is 0 Å². The molecule has 0 aliphatic heterocycles. The van der Waals surface area contributed by atoms with Crippen molar-refractivity contribution in [2.24, 2.45) is 11.3 Å². The van der Waals surface area contributed by atoms with Crippen molar-refractivity contribution in [3.8, 4) is 5.75 Å². The van der Waals surface area contributed by atoms with Gasteiger partial charge in [0.15, 0.2) is 0 Å². The molecule has 2 nitrogen and oxygen atoms in total.